The van der Waals surface area contributed by atoms with Crippen LogP contribution in [0.5, 0.6) is 0 Å². The number of hydrogen-bond donors (Lipinski definition) is 1. The number of sulfonamides is 1. The van der Waals surface area contributed by atoms with Crippen molar-refractivity contribution in [3.63, 3.8) is 0 Å². The lowest BCUT2D eigenvalue weighted by molar-refractivity contribution is 0.0302. The number of rotatable bonds is 2. The largest absolute Gasteiger partial charge is 0.378 e. The molecule has 8 heteroatoms. The number of carbonyl (C=O) groups excluding carboxylic acids is 1. The number of carbonyl (C=O) groups is 1. The van der Waals surface area contributed by atoms with Crippen LogP contribution in [0.4, 0.5) is 4.39 Å². The first-order chi connectivity index (χ1) is 9.30. The van der Waals surface area contributed by atoms with Crippen molar-refractivity contribution in [1.82, 2.24) is 4.90 Å². The first-order valence-electron chi connectivity index (χ1n) is 6.00. The number of nitrogens with zero attached hydrogens (tertiary/aromatic N) is 1. The zero-order chi connectivity index (χ0) is 14.9. The van der Waals surface area contributed by atoms with Gasteiger partial charge in [0, 0.05) is 18.7 Å². The van der Waals surface area contributed by atoms with Crippen LogP contribution < -0.4 is 5.14 Å². The van der Waals surface area contributed by atoms with Crippen LogP contribution >= 0.6 is 0 Å². The molecule has 6 nitrogen and oxygen atoms in total. The van der Waals surface area contributed by atoms with Crippen LogP contribution in [0.1, 0.15) is 15.9 Å². The average molecular weight is 302 g/mol. The van der Waals surface area contributed by atoms with Crippen LogP contribution in [0.25, 0.3) is 0 Å². The van der Waals surface area contributed by atoms with E-state index in [4.69, 9.17) is 9.88 Å². The summed E-state index contributed by atoms with van der Waals surface area (Å²) in [7, 11) is -4.21. The fourth-order valence-corrected chi connectivity index (χ4v) is 2.72. The second-order valence-corrected chi connectivity index (χ2v) is 6.08. The maximum atomic E-state index is 13.8. The van der Waals surface area contributed by atoms with Crippen LogP contribution in [0, 0.1) is 12.7 Å². The summed E-state index contributed by atoms with van der Waals surface area (Å²) >= 11 is 0. The van der Waals surface area contributed by atoms with E-state index < -0.39 is 20.7 Å². The third kappa shape index (κ3) is 2.97. The molecule has 0 aliphatic carbocycles. The molecular weight excluding hydrogens is 287 g/mol. The molecule has 20 heavy (non-hydrogen) atoms. The Kier molecular flexibility index (Phi) is 4.07. The van der Waals surface area contributed by atoms with Gasteiger partial charge >= 0.3 is 0 Å². The molecule has 2 rings (SSSR count). The van der Waals surface area contributed by atoms with Gasteiger partial charge in [0.2, 0.25) is 10.0 Å². The number of hydrogen-bond acceptors (Lipinski definition) is 4. The zero-order valence-corrected chi connectivity index (χ0v) is 11.7. The molecule has 0 aromatic heterocycles. The summed E-state index contributed by atoms with van der Waals surface area (Å²) in [5.74, 6) is -1.28. The van der Waals surface area contributed by atoms with Gasteiger partial charge in [-0.2, -0.15) is 0 Å². The lowest BCUT2D eigenvalue weighted by atomic mass is 10.1. The Balaban J connectivity index is 2.42. The molecule has 1 aromatic rings. The van der Waals surface area contributed by atoms with Crippen LogP contribution in [0.15, 0.2) is 17.0 Å². The fourth-order valence-electron chi connectivity index (χ4n) is 2.02. The molecule has 0 saturated carbocycles. The van der Waals surface area contributed by atoms with Crippen molar-refractivity contribution in [2.24, 2.45) is 5.14 Å². The van der Waals surface area contributed by atoms with Crippen molar-refractivity contribution in [3.8, 4) is 0 Å². The number of nitrogens with two attached hydrogens (primary N) is 1. The second-order valence-electron chi connectivity index (χ2n) is 4.55. The number of amides is 1. The number of primary sulfonamides is 1. The van der Waals surface area contributed by atoms with Crippen molar-refractivity contribution in [3.05, 3.63) is 29.1 Å². The second kappa shape index (κ2) is 5.47. The minimum Gasteiger partial charge on any atom is -0.378 e. The monoisotopic (exact) mass is 302 g/mol. The molecule has 1 heterocycles. The molecule has 0 unspecified atom stereocenters. The van der Waals surface area contributed by atoms with Crippen molar-refractivity contribution >= 4 is 15.9 Å². The normalized spacial score (nSPS) is 16.2. The van der Waals surface area contributed by atoms with Gasteiger partial charge in [-0.25, -0.2) is 17.9 Å². The van der Waals surface area contributed by atoms with E-state index >= 15 is 0 Å². The predicted octanol–water partition coefficient (Wildman–Crippen LogP) is 0.254. The average Bonchev–Trinajstić information content (AvgIpc) is 2.40. The van der Waals surface area contributed by atoms with Gasteiger partial charge in [0.25, 0.3) is 5.91 Å². The first kappa shape index (κ1) is 14.9. The number of benzene rings is 1. The summed E-state index contributed by atoms with van der Waals surface area (Å²) in [4.78, 5) is 13.1. The van der Waals surface area contributed by atoms with Gasteiger partial charge in [0.15, 0.2) is 0 Å². The number of ether oxygens (including phenoxy) is 1. The number of halogens is 1. The van der Waals surface area contributed by atoms with Gasteiger partial charge in [0.05, 0.1) is 13.2 Å². The van der Waals surface area contributed by atoms with Crippen molar-refractivity contribution in [1.29, 1.82) is 0 Å². The molecule has 1 fully saturated rings. The van der Waals surface area contributed by atoms with E-state index in [0.717, 1.165) is 6.07 Å². The highest BCUT2D eigenvalue weighted by Crippen LogP contribution is 2.20. The van der Waals surface area contributed by atoms with E-state index in [1.807, 2.05) is 0 Å². The van der Waals surface area contributed by atoms with E-state index in [1.54, 1.807) is 0 Å². The molecule has 0 atom stereocenters. The molecule has 0 bridgehead atoms. The molecule has 2 N–H and O–H groups in total. The summed E-state index contributed by atoms with van der Waals surface area (Å²) in [6.07, 6.45) is 0. The third-order valence-corrected chi connectivity index (χ3v) is 3.98. The third-order valence-electron chi connectivity index (χ3n) is 3.07. The van der Waals surface area contributed by atoms with Crippen molar-refractivity contribution < 1.29 is 22.3 Å². The lowest BCUT2D eigenvalue weighted by Gasteiger charge is -2.27. The summed E-state index contributed by atoms with van der Waals surface area (Å²) < 4.78 is 41.6. The van der Waals surface area contributed by atoms with Gasteiger partial charge in [-0.15, -0.1) is 0 Å². The smallest absolute Gasteiger partial charge is 0.254 e. The quantitative estimate of drug-likeness (QED) is 0.848. The summed E-state index contributed by atoms with van der Waals surface area (Å²) in [6, 6.07) is 2.30. The SMILES string of the molecule is Cc1cc(C(=O)N2CCOCC2)cc(S(N)(=O)=O)c1F. The van der Waals surface area contributed by atoms with Gasteiger partial charge in [-0.3, -0.25) is 4.79 Å². The molecule has 0 radical (unpaired) electrons. The van der Waals surface area contributed by atoms with E-state index in [1.165, 1.54) is 17.9 Å². The maximum absolute atomic E-state index is 13.8. The first-order valence-corrected chi connectivity index (χ1v) is 7.55. The van der Waals surface area contributed by atoms with Crippen LogP contribution in [0.3, 0.4) is 0 Å². The molecule has 1 amide bonds. The molecular formula is C12H15FN2O4S. The van der Waals surface area contributed by atoms with E-state index in [-0.39, 0.29) is 17.0 Å². The van der Waals surface area contributed by atoms with Crippen LogP contribution in [-0.4, -0.2) is 45.5 Å². The summed E-state index contributed by atoms with van der Waals surface area (Å²) in [5, 5.41) is 4.96. The molecule has 1 aliphatic rings. The fraction of sp³-hybridized carbons (Fsp3) is 0.417. The summed E-state index contributed by atoms with van der Waals surface area (Å²) in [5.41, 5.74) is 0.169. The van der Waals surface area contributed by atoms with E-state index in [9.17, 15) is 17.6 Å². The van der Waals surface area contributed by atoms with Gasteiger partial charge in [0.1, 0.15) is 10.7 Å². The minimum absolute atomic E-state index is 0.0631. The standard InChI is InChI=1S/C12H15FN2O4S/c1-8-6-9(7-10(11(8)13)20(14,17)18)12(16)15-2-4-19-5-3-15/h6-7H,2-5H2,1H3,(H2,14,17,18). The lowest BCUT2D eigenvalue weighted by Crippen LogP contribution is -2.40. The highest BCUT2D eigenvalue weighted by molar-refractivity contribution is 7.89. The highest BCUT2D eigenvalue weighted by atomic mass is 32.2. The molecule has 1 aromatic carbocycles. The van der Waals surface area contributed by atoms with E-state index in [2.05, 4.69) is 0 Å². The summed E-state index contributed by atoms with van der Waals surface area (Å²) in [6.45, 7) is 3.07. The molecule has 1 saturated heterocycles. The van der Waals surface area contributed by atoms with E-state index in [0.29, 0.717) is 26.3 Å². The Morgan fingerprint density at radius 2 is 1.95 bits per heavy atom. The van der Waals surface area contributed by atoms with Gasteiger partial charge in [-0.1, -0.05) is 0 Å². The molecule has 0 spiro atoms. The van der Waals surface area contributed by atoms with Crippen LogP contribution in [0.2, 0.25) is 0 Å². The number of morpholine rings is 1. The number of aryl methyl sites for hydroxylation is 1. The minimum atomic E-state index is -4.21. The zero-order valence-electron chi connectivity index (χ0n) is 10.9. The topological polar surface area (TPSA) is 89.7 Å². The Hall–Kier alpha value is -1.51. The highest BCUT2D eigenvalue weighted by Gasteiger charge is 2.23. The Morgan fingerprint density at radius 1 is 1.35 bits per heavy atom. The molecule has 1 aliphatic heterocycles. The predicted molar refractivity (Wildman–Crippen MR) is 69.2 cm³/mol. The van der Waals surface area contributed by atoms with Gasteiger partial charge in [-0.05, 0) is 24.6 Å². The maximum Gasteiger partial charge on any atom is 0.254 e. The van der Waals surface area contributed by atoms with Crippen molar-refractivity contribution in [2.75, 3.05) is 26.3 Å². The van der Waals surface area contributed by atoms with Crippen molar-refractivity contribution in [2.45, 2.75) is 11.8 Å². The molecule has 110 valence electrons. The van der Waals surface area contributed by atoms with Crippen LogP contribution in [-0.2, 0) is 14.8 Å². The Morgan fingerprint density at radius 3 is 2.50 bits per heavy atom. The Bertz CT molecular complexity index is 639. The van der Waals surface area contributed by atoms with Gasteiger partial charge < -0.3 is 9.64 Å². The Labute approximate surface area is 116 Å².